The maximum atomic E-state index is 11.9. The zero-order valence-corrected chi connectivity index (χ0v) is 12.8. The Morgan fingerprint density at radius 1 is 1.17 bits per heavy atom. The molecule has 0 bridgehead atoms. The van der Waals surface area contributed by atoms with Gasteiger partial charge in [-0.2, -0.15) is 11.1 Å². The third-order valence-electron chi connectivity index (χ3n) is 3.45. The van der Waals surface area contributed by atoms with E-state index in [0.717, 1.165) is 0 Å². The summed E-state index contributed by atoms with van der Waals surface area (Å²) < 4.78 is 23.9. The van der Waals surface area contributed by atoms with Crippen molar-refractivity contribution in [2.24, 2.45) is 5.14 Å². The number of aromatic nitrogens is 1. The molecule has 0 radical (unpaired) electrons. The summed E-state index contributed by atoms with van der Waals surface area (Å²) in [5.74, 6) is 0. The molecule has 2 aromatic rings. The van der Waals surface area contributed by atoms with Gasteiger partial charge in [0.2, 0.25) is 10.0 Å². The van der Waals surface area contributed by atoms with E-state index in [1.54, 1.807) is 30.5 Å². The molecule has 0 saturated carbocycles. The molecule has 2 heterocycles. The van der Waals surface area contributed by atoms with E-state index in [0.29, 0.717) is 22.4 Å². The van der Waals surface area contributed by atoms with Crippen LogP contribution in [-0.2, 0) is 16.6 Å². The van der Waals surface area contributed by atoms with Crippen molar-refractivity contribution in [3.8, 4) is 11.1 Å². The number of hydrogen-bond acceptors (Lipinski definition) is 8. The number of nitrogens with one attached hydrogen (secondary N) is 4. The van der Waals surface area contributed by atoms with Crippen LogP contribution in [0.15, 0.2) is 41.4 Å². The molecule has 7 N–H and O–H groups in total. The Kier molecular flexibility index (Phi) is 4.37. The zero-order chi connectivity index (χ0) is 16.4. The Hall–Kier alpha value is -1.92. The molecule has 10 heteroatoms. The third kappa shape index (κ3) is 3.23. The average molecular weight is 336 g/mol. The first-order valence-corrected chi connectivity index (χ1v) is 8.28. The Morgan fingerprint density at radius 2 is 1.91 bits per heavy atom. The molecule has 122 valence electrons. The Labute approximate surface area is 132 Å². The van der Waals surface area contributed by atoms with Crippen LogP contribution in [-0.4, -0.2) is 18.5 Å². The number of hydrogen-bond donors (Lipinski definition) is 6. The van der Waals surface area contributed by atoms with E-state index in [1.165, 1.54) is 6.07 Å². The van der Waals surface area contributed by atoms with Crippen LogP contribution in [0.1, 0.15) is 17.4 Å². The average Bonchev–Trinajstić information content (AvgIpc) is 3.07. The number of sulfonamides is 1. The van der Waals surface area contributed by atoms with Crippen molar-refractivity contribution in [1.82, 2.24) is 26.9 Å². The summed E-state index contributed by atoms with van der Waals surface area (Å²) in [5, 5.41) is 14.4. The highest BCUT2D eigenvalue weighted by atomic mass is 32.2. The highest BCUT2D eigenvalue weighted by Crippen LogP contribution is 2.32. The number of pyridine rings is 1. The summed E-state index contributed by atoms with van der Waals surface area (Å²) in [5.41, 5.74) is 13.4. The van der Waals surface area contributed by atoms with Crippen LogP contribution in [0.3, 0.4) is 0 Å². The molecule has 0 unspecified atom stereocenters. The highest BCUT2D eigenvalue weighted by molar-refractivity contribution is 7.89. The van der Waals surface area contributed by atoms with Gasteiger partial charge in [0, 0.05) is 17.3 Å². The summed E-state index contributed by atoms with van der Waals surface area (Å²) in [6, 6.07) is 8.29. The summed E-state index contributed by atoms with van der Waals surface area (Å²) in [6.45, 7) is -0.163. The maximum absolute atomic E-state index is 11.9. The lowest BCUT2D eigenvalue weighted by molar-refractivity contribution is 0.277. The highest BCUT2D eigenvalue weighted by Gasteiger charge is 2.26. The van der Waals surface area contributed by atoms with Gasteiger partial charge in [-0.1, -0.05) is 18.2 Å². The molecule has 0 amide bonds. The normalized spacial score (nSPS) is 15.9. The third-order valence-corrected chi connectivity index (χ3v) is 4.42. The van der Waals surface area contributed by atoms with Crippen molar-refractivity contribution in [2.45, 2.75) is 17.7 Å². The number of nitrogens with zero attached hydrogens (tertiary/aromatic N) is 1. The Morgan fingerprint density at radius 3 is 2.48 bits per heavy atom. The maximum Gasteiger partial charge on any atom is 0.238 e. The predicted octanol–water partition coefficient (Wildman–Crippen LogP) is -0.996. The fourth-order valence-corrected chi connectivity index (χ4v) is 3.22. The van der Waals surface area contributed by atoms with Crippen molar-refractivity contribution in [3.63, 3.8) is 0 Å². The van der Waals surface area contributed by atoms with E-state index in [4.69, 9.17) is 10.2 Å². The van der Waals surface area contributed by atoms with Crippen molar-refractivity contribution in [2.75, 3.05) is 0 Å². The number of aliphatic hydroxyl groups is 1. The summed E-state index contributed by atoms with van der Waals surface area (Å²) >= 11 is 0. The second kappa shape index (κ2) is 6.29. The van der Waals surface area contributed by atoms with Gasteiger partial charge >= 0.3 is 0 Å². The summed E-state index contributed by atoms with van der Waals surface area (Å²) in [4.78, 5) is 4.14. The van der Waals surface area contributed by atoms with Gasteiger partial charge in [0.15, 0.2) is 0 Å². The molecule has 1 aliphatic heterocycles. The standard InChI is InChI=1S/C13H16N6O3S/c14-23(21,22)11-3-1-2-10(12(11)13-16-18-19-17-13)8-4-5-9(7-20)15-6-8/h1-6,13,16-20H,7H2,(H2,14,21,22). The molecule has 0 spiro atoms. The SMILES string of the molecule is NS(=O)(=O)c1cccc(-c2ccc(CO)nc2)c1C1NNNN1. The minimum Gasteiger partial charge on any atom is -0.390 e. The largest absolute Gasteiger partial charge is 0.390 e. The van der Waals surface area contributed by atoms with E-state index >= 15 is 0 Å². The van der Waals surface area contributed by atoms with Crippen molar-refractivity contribution < 1.29 is 13.5 Å². The van der Waals surface area contributed by atoms with Gasteiger partial charge in [0.05, 0.1) is 17.2 Å². The lowest BCUT2D eigenvalue weighted by atomic mass is 9.99. The van der Waals surface area contributed by atoms with E-state index in [9.17, 15) is 8.42 Å². The Bertz CT molecular complexity index is 803. The van der Waals surface area contributed by atoms with Crippen LogP contribution in [0.2, 0.25) is 0 Å². The molecular formula is C13H16N6O3S. The first-order valence-electron chi connectivity index (χ1n) is 6.73. The van der Waals surface area contributed by atoms with Gasteiger partial charge in [-0.3, -0.25) is 4.98 Å². The molecule has 0 atom stereocenters. The van der Waals surface area contributed by atoms with Crippen LogP contribution in [0.4, 0.5) is 0 Å². The Balaban J connectivity index is 2.18. The smallest absolute Gasteiger partial charge is 0.238 e. The molecule has 1 aromatic carbocycles. The summed E-state index contributed by atoms with van der Waals surface area (Å²) in [6.07, 6.45) is 1.06. The minimum absolute atomic E-state index is 0.0109. The van der Waals surface area contributed by atoms with Gasteiger partial charge < -0.3 is 5.11 Å². The number of nitrogens with two attached hydrogens (primary N) is 1. The number of benzene rings is 1. The number of hydrazine groups is 3. The lowest BCUT2D eigenvalue weighted by Gasteiger charge is -2.18. The van der Waals surface area contributed by atoms with Gasteiger partial charge in [-0.05, 0) is 17.7 Å². The number of rotatable bonds is 4. The predicted molar refractivity (Wildman–Crippen MR) is 82.3 cm³/mol. The molecule has 1 aromatic heterocycles. The van der Waals surface area contributed by atoms with Crippen molar-refractivity contribution in [1.29, 1.82) is 0 Å². The first kappa shape index (κ1) is 16.0. The molecule has 3 rings (SSSR count). The van der Waals surface area contributed by atoms with Gasteiger partial charge in [-0.15, -0.1) is 0 Å². The second-order valence-electron chi connectivity index (χ2n) is 4.93. The molecule has 1 fully saturated rings. The molecule has 0 aliphatic carbocycles. The first-order chi connectivity index (χ1) is 11.0. The van der Waals surface area contributed by atoms with E-state index in [-0.39, 0.29) is 11.5 Å². The minimum atomic E-state index is -3.91. The zero-order valence-electron chi connectivity index (χ0n) is 11.9. The number of aliphatic hydroxyl groups excluding tert-OH is 1. The van der Waals surface area contributed by atoms with Crippen molar-refractivity contribution in [3.05, 3.63) is 47.8 Å². The van der Waals surface area contributed by atoms with E-state index in [1.807, 2.05) is 0 Å². The van der Waals surface area contributed by atoms with E-state index in [2.05, 4.69) is 26.9 Å². The summed E-state index contributed by atoms with van der Waals surface area (Å²) in [7, 11) is -3.91. The van der Waals surface area contributed by atoms with Gasteiger partial charge in [0.1, 0.15) is 6.17 Å². The van der Waals surface area contributed by atoms with Gasteiger partial charge in [0.25, 0.3) is 0 Å². The molecule has 23 heavy (non-hydrogen) atoms. The van der Waals surface area contributed by atoms with E-state index < -0.39 is 16.2 Å². The van der Waals surface area contributed by atoms with Crippen LogP contribution < -0.4 is 27.1 Å². The van der Waals surface area contributed by atoms with Crippen LogP contribution in [0.25, 0.3) is 11.1 Å². The quantitative estimate of drug-likeness (QED) is 0.418. The molecule has 9 nitrogen and oxygen atoms in total. The van der Waals surface area contributed by atoms with Crippen LogP contribution in [0, 0.1) is 0 Å². The fraction of sp³-hybridized carbons (Fsp3) is 0.154. The van der Waals surface area contributed by atoms with Crippen LogP contribution >= 0.6 is 0 Å². The van der Waals surface area contributed by atoms with Crippen molar-refractivity contribution >= 4 is 10.0 Å². The second-order valence-corrected chi connectivity index (χ2v) is 6.46. The van der Waals surface area contributed by atoms with Crippen LogP contribution in [0.5, 0.6) is 0 Å². The van der Waals surface area contributed by atoms with Gasteiger partial charge in [-0.25, -0.2) is 24.4 Å². The monoisotopic (exact) mass is 336 g/mol. The molecule has 1 aliphatic rings. The topological polar surface area (TPSA) is 141 Å². The fourth-order valence-electron chi connectivity index (χ4n) is 2.42. The molecular weight excluding hydrogens is 320 g/mol. The molecule has 1 saturated heterocycles. The number of primary sulfonamides is 1. The lowest BCUT2D eigenvalue weighted by Crippen LogP contribution is -2.33.